The number of nitrogens with zero attached hydrogens (tertiary/aromatic N) is 1. The summed E-state index contributed by atoms with van der Waals surface area (Å²) in [5.74, 6) is 0. The molecule has 0 spiro atoms. The molecule has 2 atom stereocenters. The van der Waals surface area contributed by atoms with E-state index in [0.717, 1.165) is 12.0 Å². The summed E-state index contributed by atoms with van der Waals surface area (Å²) >= 11 is 0. The minimum atomic E-state index is -0.996. The molecule has 0 fully saturated rings. The Kier molecular flexibility index (Phi) is 7.83. The van der Waals surface area contributed by atoms with Gasteiger partial charge in [0.1, 0.15) is 0 Å². The Morgan fingerprint density at radius 2 is 2.05 bits per heavy atom. The third-order valence-electron chi connectivity index (χ3n) is 2.77. The second kappa shape index (κ2) is 9.51. The molecule has 0 heterocycles. The van der Waals surface area contributed by atoms with Crippen LogP contribution >= 0.6 is 0 Å². The summed E-state index contributed by atoms with van der Waals surface area (Å²) in [5.41, 5.74) is 1.14. The highest BCUT2D eigenvalue weighted by Gasteiger charge is 2.12. The Bertz CT molecular complexity index is 375. The molecule has 1 rings (SSSR count). The van der Waals surface area contributed by atoms with Crippen LogP contribution in [0.2, 0.25) is 0 Å². The third-order valence-corrected chi connectivity index (χ3v) is 2.77. The Morgan fingerprint density at radius 1 is 1.32 bits per heavy atom. The number of ether oxygens (including phenoxy) is 2. The van der Waals surface area contributed by atoms with Crippen molar-refractivity contribution in [2.24, 2.45) is 0 Å². The zero-order valence-corrected chi connectivity index (χ0v) is 11.3. The third kappa shape index (κ3) is 6.92. The molecule has 104 valence electrons. The van der Waals surface area contributed by atoms with Crippen LogP contribution in [0.1, 0.15) is 31.7 Å². The molecule has 1 N–H and O–H groups in total. The van der Waals surface area contributed by atoms with Gasteiger partial charge in [0.25, 0.3) is 0 Å². The molecule has 4 nitrogen and oxygen atoms in total. The largest absolute Gasteiger partial charge is 0.377 e. The predicted octanol–water partition coefficient (Wildman–Crippen LogP) is 2.62. The van der Waals surface area contributed by atoms with Crippen LogP contribution in [0.3, 0.4) is 0 Å². The molecule has 0 bridgehead atoms. The first kappa shape index (κ1) is 15.6. The van der Waals surface area contributed by atoms with Crippen molar-refractivity contribution in [3.05, 3.63) is 35.9 Å². The van der Waals surface area contributed by atoms with Crippen LogP contribution in [-0.2, 0) is 16.1 Å². The fourth-order valence-electron chi connectivity index (χ4n) is 1.70. The first-order valence-electron chi connectivity index (χ1n) is 6.58. The number of hydrogen-bond acceptors (Lipinski definition) is 4. The van der Waals surface area contributed by atoms with Crippen LogP contribution < -0.4 is 0 Å². The molecule has 1 aromatic carbocycles. The maximum atomic E-state index is 9.40. The smallest absolute Gasteiger partial charge is 0.167 e. The van der Waals surface area contributed by atoms with E-state index in [4.69, 9.17) is 14.7 Å². The highest BCUT2D eigenvalue weighted by Crippen LogP contribution is 2.09. The zero-order chi connectivity index (χ0) is 13.9. The van der Waals surface area contributed by atoms with Gasteiger partial charge < -0.3 is 14.6 Å². The molecule has 0 radical (unpaired) electrons. The van der Waals surface area contributed by atoms with Gasteiger partial charge >= 0.3 is 0 Å². The lowest BCUT2D eigenvalue weighted by atomic mass is 10.2. The zero-order valence-electron chi connectivity index (χ0n) is 11.3. The molecule has 0 saturated heterocycles. The molecule has 4 heteroatoms. The number of rotatable bonds is 9. The van der Waals surface area contributed by atoms with E-state index < -0.39 is 6.29 Å². The van der Waals surface area contributed by atoms with Gasteiger partial charge in [-0.25, -0.2) is 0 Å². The molecular formula is C15H21NO3. The lowest BCUT2D eigenvalue weighted by Gasteiger charge is -2.18. The molecule has 0 aliphatic carbocycles. The number of benzene rings is 1. The van der Waals surface area contributed by atoms with Gasteiger partial charge in [-0.15, -0.1) is 0 Å². The van der Waals surface area contributed by atoms with Crippen molar-refractivity contribution in [2.45, 2.75) is 45.2 Å². The standard InChI is InChI=1S/C15H21NO3/c1-2-14(19-15(17)8-10-16)9-11-18-12-13-6-4-3-5-7-13/h3-7,14-15,17H,2,8-9,11-12H2,1H3. The maximum Gasteiger partial charge on any atom is 0.167 e. The average Bonchev–Trinajstić information content (AvgIpc) is 2.43. The van der Waals surface area contributed by atoms with Crippen molar-refractivity contribution in [1.29, 1.82) is 5.26 Å². The van der Waals surface area contributed by atoms with E-state index in [1.54, 1.807) is 0 Å². The molecule has 0 saturated carbocycles. The fourth-order valence-corrected chi connectivity index (χ4v) is 1.70. The van der Waals surface area contributed by atoms with Gasteiger partial charge in [-0.1, -0.05) is 37.3 Å². The molecule has 1 aromatic rings. The van der Waals surface area contributed by atoms with Gasteiger partial charge in [0.05, 0.1) is 25.2 Å². The highest BCUT2D eigenvalue weighted by atomic mass is 16.6. The van der Waals surface area contributed by atoms with Gasteiger partial charge in [0.15, 0.2) is 6.29 Å². The second-order valence-electron chi connectivity index (χ2n) is 4.31. The highest BCUT2D eigenvalue weighted by molar-refractivity contribution is 5.13. The van der Waals surface area contributed by atoms with E-state index in [-0.39, 0.29) is 12.5 Å². The van der Waals surface area contributed by atoms with E-state index in [2.05, 4.69) is 0 Å². The number of nitriles is 1. The van der Waals surface area contributed by atoms with E-state index >= 15 is 0 Å². The summed E-state index contributed by atoms with van der Waals surface area (Å²) in [6.45, 7) is 3.14. The van der Waals surface area contributed by atoms with Crippen molar-refractivity contribution in [2.75, 3.05) is 6.61 Å². The van der Waals surface area contributed by atoms with Crippen molar-refractivity contribution in [3.63, 3.8) is 0 Å². The fraction of sp³-hybridized carbons (Fsp3) is 0.533. The molecule has 19 heavy (non-hydrogen) atoms. The van der Waals surface area contributed by atoms with E-state index in [9.17, 15) is 5.11 Å². The SMILES string of the molecule is CCC(CCOCc1ccccc1)OC(O)CC#N. The van der Waals surface area contributed by atoms with Gasteiger partial charge in [0.2, 0.25) is 0 Å². The Hall–Kier alpha value is -1.41. The number of hydrogen-bond donors (Lipinski definition) is 1. The second-order valence-corrected chi connectivity index (χ2v) is 4.31. The molecule has 0 amide bonds. The van der Waals surface area contributed by atoms with E-state index in [1.807, 2.05) is 43.3 Å². The minimum absolute atomic E-state index is 0.00136. The maximum absolute atomic E-state index is 9.40. The summed E-state index contributed by atoms with van der Waals surface area (Å²) in [6.07, 6.45) is 0.438. The van der Waals surface area contributed by atoms with Gasteiger partial charge in [0, 0.05) is 6.61 Å². The van der Waals surface area contributed by atoms with Crippen molar-refractivity contribution in [3.8, 4) is 6.07 Å². The Labute approximate surface area is 114 Å². The van der Waals surface area contributed by atoms with Crippen molar-refractivity contribution in [1.82, 2.24) is 0 Å². The van der Waals surface area contributed by atoms with Crippen LogP contribution in [0.15, 0.2) is 30.3 Å². The van der Waals surface area contributed by atoms with Crippen LogP contribution in [-0.4, -0.2) is 24.1 Å². The first-order valence-corrected chi connectivity index (χ1v) is 6.58. The topological polar surface area (TPSA) is 62.5 Å². The van der Waals surface area contributed by atoms with Gasteiger partial charge in [-0.2, -0.15) is 5.26 Å². The molecular weight excluding hydrogens is 242 g/mol. The lowest BCUT2D eigenvalue weighted by Crippen LogP contribution is -2.22. The summed E-state index contributed by atoms with van der Waals surface area (Å²) < 4.78 is 10.9. The molecule has 0 aliphatic rings. The van der Waals surface area contributed by atoms with Gasteiger partial charge in [-0.05, 0) is 18.4 Å². The van der Waals surface area contributed by atoms with Crippen LogP contribution in [0.5, 0.6) is 0 Å². The Balaban J connectivity index is 2.17. The normalized spacial score (nSPS) is 13.7. The van der Waals surface area contributed by atoms with E-state index in [0.29, 0.717) is 19.6 Å². The summed E-state index contributed by atoms with van der Waals surface area (Å²) in [7, 11) is 0. The lowest BCUT2D eigenvalue weighted by molar-refractivity contribution is -0.138. The number of aliphatic hydroxyl groups is 1. The Morgan fingerprint density at radius 3 is 2.68 bits per heavy atom. The van der Waals surface area contributed by atoms with Crippen LogP contribution in [0, 0.1) is 11.3 Å². The quantitative estimate of drug-likeness (QED) is 0.549. The van der Waals surface area contributed by atoms with Crippen LogP contribution in [0.25, 0.3) is 0 Å². The molecule has 0 aliphatic heterocycles. The summed E-state index contributed by atoms with van der Waals surface area (Å²) in [5, 5.41) is 17.8. The molecule has 2 unspecified atom stereocenters. The van der Waals surface area contributed by atoms with Crippen molar-refractivity contribution >= 4 is 0 Å². The number of aliphatic hydroxyl groups excluding tert-OH is 1. The summed E-state index contributed by atoms with van der Waals surface area (Å²) in [6, 6.07) is 11.9. The van der Waals surface area contributed by atoms with Crippen molar-refractivity contribution < 1.29 is 14.6 Å². The monoisotopic (exact) mass is 263 g/mol. The minimum Gasteiger partial charge on any atom is -0.377 e. The van der Waals surface area contributed by atoms with Gasteiger partial charge in [-0.3, -0.25) is 0 Å². The van der Waals surface area contributed by atoms with Crippen LogP contribution in [0.4, 0.5) is 0 Å². The predicted molar refractivity (Wildman–Crippen MR) is 72.1 cm³/mol. The first-order chi connectivity index (χ1) is 9.26. The summed E-state index contributed by atoms with van der Waals surface area (Å²) in [4.78, 5) is 0. The average molecular weight is 263 g/mol. The molecule has 0 aromatic heterocycles. The van der Waals surface area contributed by atoms with E-state index in [1.165, 1.54) is 0 Å².